The van der Waals surface area contributed by atoms with Crippen molar-refractivity contribution in [2.24, 2.45) is 0 Å². The summed E-state index contributed by atoms with van der Waals surface area (Å²) >= 11 is 2.91. The summed E-state index contributed by atoms with van der Waals surface area (Å²) in [6.45, 7) is 1.68. The lowest BCUT2D eigenvalue weighted by atomic mass is 10.1. The monoisotopic (exact) mass is 343 g/mol. The van der Waals surface area contributed by atoms with Crippen molar-refractivity contribution in [2.45, 2.75) is 6.92 Å². The lowest BCUT2D eigenvalue weighted by Crippen LogP contribution is -2.16. The number of amides is 1. The van der Waals surface area contributed by atoms with Crippen molar-refractivity contribution in [3.8, 4) is 0 Å². The molecule has 2 aromatic carbocycles. The van der Waals surface area contributed by atoms with E-state index in [1.165, 1.54) is 12.1 Å². The van der Waals surface area contributed by atoms with E-state index >= 15 is 0 Å². The maximum Gasteiger partial charge on any atom is 0.261 e. The van der Waals surface area contributed by atoms with Crippen LogP contribution in [0.15, 0.2) is 34.8 Å². The minimum atomic E-state index is -1.05. The molecule has 0 bridgehead atoms. The number of hydrogen-bond donors (Lipinski definition) is 1. The maximum atomic E-state index is 13.6. The molecule has 2 rings (SSSR count). The number of anilines is 1. The Morgan fingerprint density at radius 2 is 1.65 bits per heavy atom. The summed E-state index contributed by atoms with van der Waals surface area (Å²) in [6, 6.07) is 6.04. The minimum absolute atomic E-state index is 0.137. The molecular weight excluding hydrogens is 335 g/mol. The van der Waals surface area contributed by atoms with E-state index in [9.17, 15) is 18.0 Å². The van der Waals surface area contributed by atoms with Gasteiger partial charge in [0.15, 0.2) is 0 Å². The van der Waals surface area contributed by atoms with Gasteiger partial charge in [-0.2, -0.15) is 0 Å². The standard InChI is InChI=1S/C14H9BrF3NO/c1-7-2-3-12(9(16)4-7)19-14(20)13-10(17)5-8(15)6-11(13)18/h2-6H,1H3,(H,19,20). The molecular formula is C14H9BrF3NO. The minimum Gasteiger partial charge on any atom is -0.319 e. The van der Waals surface area contributed by atoms with Gasteiger partial charge in [0.25, 0.3) is 5.91 Å². The SMILES string of the molecule is Cc1ccc(NC(=O)c2c(F)cc(Br)cc2F)c(F)c1. The Morgan fingerprint density at radius 1 is 1.05 bits per heavy atom. The van der Waals surface area contributed by atoms with Crippen molar-refractivity contribution in [3.05, 3.63) is 63.4 Å². The van der Waals surface area contributed by atoms with Gasteiger partial charge in [-0.05, 0) is 36.8 Å². The van der Waals surface area contributed by atoms with Gasteiger partial charge in [0, 0.05) is 4.47 Å². The van der Waals surface area contributed by atoms with E-state index < -0.39 is 28.9 Å². The Bertz CT molecular complexity index is 665. The Labute approximate surface area is 121 Å². The van der Waals surface area contributed by atoms with E-state index in [2.05, 4.69) is 21.2 Å². The van der Waals surface area contributed by atoms with Gasteiger partial charge in [-0.15, -0.1) is 0 Å². The van der Waals surface area contributed by atoms with Gasteiger partial charge >= 0.3 is 0 Å². The third-order valence-corrected chi connectivity index (χ3v) is 3.06. The van der Waals surface area contributed by atoms with Crippen molar-refractivity contribution in [1.29, 1.82) is 0 Å². The third kappa shape index (κ3) is 3.01. The van der Waals surface area contributed by atoms with Gasteiger partial charge in [0.2, 0.25) is 0 Å². The first kappa shape index (κ1) is 14.6. The molecule has 2 nitrogen and oxygen atoms in total. The van der Waals surface area contributed by atoms with E-state index in [1.807, 2.05) is 0 Å². The van der Waals surface area contributed by atoms with Crippen LogP contribution in [-0.4, -0.2) is 5.91 Å². The number of rotatable bonds is 2. The smallest absolute Gasteiger partial charge is 0.261 e. The zero-order valence-electron chi connectivity index (χ0n) is 10.3. The third-order valence-electron chi connectivity index (χ3n) is 2.61. The number of carbonyl (C=O) groups excluding carboxylic acids is 1. The molecule has 0 aliphatic carbocycles. The predicted molar refractivity (Wildman–Crippen MR) is 73.1 cm³/mol. The normalized spacial score (nSPS) is 10.4. The van der Waals surface area contributed by atoms with Crippen LogP contribution in [0.2, 0.25) is 0 Å². The van der Waals surface area contributed by atoms with Gasteiger partial charge in [-0.1, -0.05) is 22.0 Å². The number of halogens is 4. The number of hydrogen-bond acceptors (Lipinski definition) is 1. The highest BCUT2D eigenvalue weighted by molar-refractivity contribution is 9.10. The molecule has 0 heterocycles. The lowest BCUT2D eigenvalue weighted by Gasteiger charge is -2.09. The van der Waals surface area contributed by atoms with Crippen molar-refractivity contribution in [2.75, 3.05) is 5.32 Å². The van der Waals surface area contributed by atoms with E-state index in [-0.39, 0.29) is 10.2 Å². The lowest BCUT2D eigenvalue weighted by molar-refractivity contribution is 0.101. The Hall–Kier alpha value is -1.82. The molecule has 0 aliphatic rings. The van der Waals surface area contributed by atoms with Crippen molar-refractivity contribution in [3.63, 3.8) is 0 Å². The average Bonchev–Trinajstić information content (AvgIpc) is 2.31. The van der Waals surface area contributed by atoms with Gasteiger partial charge in [0.05, 0.1) is 5.69 Å². The Balaban J connectivity index is 2.33. The number of aryl methyl sites for hydroxylation is 1. The van der Waals surface area contributed by atoms with Crippen LogP contribution in [0.25, 0.3) is 0 Å². The molecule has 1 amide bonds. The average molecular weight is 344 g/mol. The number of nitrogens with one attached hydrogen (secondary N) is 1. The highest BCUT2D eigenvalue weighted by Crippen LogP contribution is 2.22. The predicted octanol–water partition coefficient (Wildman–Crippen LogP) is 4.43. The summed E-state index contributed by atoms with van der Waals surface area (Å²) in [6.07, 6.45) is 0. The second-order valence-corrected chi connectivity index (χ2v) is 5.10. The Kier molecular flexibility index (Phi) is 4.13. The molecule has 1 N–H and O–H groups in total. The summed E-state index contributed by atoms with van der Waals surface area (Å²) in [5.41, 5.74) is -0.225. The Morgan fingerprint density at radius 3 is 2.20 bits per heavy atom. The molecule has 0 saturated heterocycles. The second-order valence-electron chi connectivity index (χ2n) is 4.18. The van der Waals surface area contributed by atoms with E-state index in [0.29, 0.717) is 5.56 Å². The van der Waals surface area contributed by atoms with Crippen LogP contribution < -0.4 is 5.32 Å². The van der Waals surface area contributed by atoms with E-state index in [0.717, 1.165) is 12.1 Å². The highest BCUT2D eigenvalue weighted by Gasteiger charge is 2.19. The first-order chi connectivity index (χ1) is 9.38. The van der Waals surface area contributed by atoms with Gasteiger partial charge in [-0.25, -0.2) is 13.2 Å². The molecule has 2 aromatic rings. The maximum absolute atomic E-state index is 13.6. The first-order valence-electron chi connectivity index (χ1n) is 5.60. The van der Waals surface area contributed by atoms with Gasteiger partial charge in [0.1, 0.15) is 23.0 Å². The van der Waals surface area contributed by atoms with Crippen LogP contribution in [0.5, 0.6) is 0 Å². The van der Waals surface area contributed by atoms with Crippen LogP contribution in [-0.2, 0) is 0 Å². The molecule has 6 heteroatoms. The highest BCUT2D eigenvalue weighted by atomic mass is 79.9. The molecule has 20 heavy (non-hydrogen) atoms. The first-order valence-corrected chi connectivity index (χ1v) is 6.40. The molecule has 0 spiro atoms. The largest absolute Gasteiger partial charge is 0.319 e. The number of benzene rings is 2. The van der Waals surface area contributed by atoms with Crippen LogP contribution in [0, 0.1) is 24.4 Å². The zero-order valence-corrected chi connectivity index (χ0v) is 11.9. The van der Waals surface area contributed by atoms with Crippen LogP contribution in [0.4, 0.5) is 18.9 Å². The molecule has 0 fully saturated rings. The number of carbonyl (C=O) groups is 1. The summed E-state index contributed by atoms with van der Waals surface area (Å²) < 4.78 is 41.0. The molecule has 0 unspecified atom stereocenters. The van der Waals surface area contributed by atoms with Crippen LogP contribution in [0.3, 0.4) is 0 Å². The molecule has 0 aromatic heterocycles. The van der Waals surface area contributed by atoms with Crippen molar-refractivity contribution < 1.29 is 18.0 Å². The van der Waals surface area contributed by atoms with E-state index in [4.69, 9.17) is 0 Å². The molecule has 0 saturated carbocycles. The quantitative estimate of drug-likeness (QED) is 0.858. The zero-order chi connectivity index (χ0) is 14.9. The van der Waals surface area contributed by atoms with Crippen LogP contribution >= 0.6 is 15.9 Å². The molecule has 0 atom stereocenters. The second kappa shape index (κ2) is 5.66. The van der Waals surface area contributed by atoms with Crippen molar-refractivity contribution in [1.82, 2.24) is 0 Å². The molecule has 0 radical (unpaired) electrons. The van der Waals surface area contributed by atoms with Gasteiger partial charge < -0.3 is 5.32 Å². The van der Waals surface area contributed by atoms with Crippen molar-refractivity contribution >= 4 is 27.5 Å². The van der Waals surface area contributed by atoms with Crippen LogP contribution in [0.1, 0.15) is 15.9 Å². The topological polar surface area (TPSA) is 29.1 Å². The summed E-state index contributed by atoms with van der Waals surface area (Å²) in [4.78, 5) is 11.8. The summed E-state index contributed by atoms with van der Waals surface area (Å²) in [5, 5.41) is 2.15. The fraction of sp³-hybridized carbons (Fsp3) is 0.0714. The fourth-order valence-corrected chi connectivity index (χ4v) is 2.07. The van der Waals surface area contributed by atoms with Gasteiger partial charge in [-0.3, -0.25) is 4.79 Å². The summed E-state index contributed by atoms with van der Waals surface area (Å²) in [5.74, 6) is -3.77. The molecule has 0 aliphatic heterocycles. The molecule has 104 valence electrons. The summed E-state index contributed by atoms with van der Waals surface area (Å²) in [7, 11) is 0. The van der Waals surface area contributed by atoms with E-state index in [1.54, 1.807) is 13.0 Å². The fourth-order valence-electron chi connectivity index (χ4n) is 1.67.